The van der Waals surface area contributed by atoms with Gasteiger partial charge >= 0.3 is 0 Å². The Kier molecular flexibility index (Phi) is 63.3. The Bertz CT molecular complexity index is 2150. The maximum absolute atomic E-state index is 13.4. The van der Waals surface area contributed by atoms with E-state index in [-0.39, 0.29) is 12.5 Å². The number of aliphatic hydroxyl groups is 8. The van der Waals surface area contributed by atoms with Gasteiger partial charge in [-0.15, -0.1) is 0 Å². The molecule has 2 heterocycles. The number of carbonyl (C=O) groups is 1. The van der Waals surface area contributed by atoms with Crippen LogP contribution in [-0.2, 0) is 23.7 Å². The van der Waals surface area contributed by atoms with E-state index in [0.717, 1.165) is 116 Å². The molecule has 0 spiro atoms. The number of hydrogen-bond donors (Lipinski definition) is 9. The van der Waals surface area contributed by atoms with Crippen LogP contribution in [0.5, 0.6) is 0 Å². The van der Waals surface area contributed by atoms with Crippen molar-refractivity contribution in [2.24, 2.45) is 0 Å². The van der Waals surface area contributed by atoms with Crippen molar-refractivity contribution in [2.45, 2.75) is 396 Å². The molecule has 9 N–H and O–H groups in total. The molecule has 2 rings (SSSR count). The molecule has 0 bridgehead atoms. The van der Waals surface area contributed by atoms with Gasteiger partial charge in [0.25, 0.3) is 0 Å². The van der Waals surface area contributed by atoms with Gasteiger partial charge in [0.1, 0.15) is 48.8 Å². The summed E-state index contributed by atoms with van der Waals surface area (Å²) in [6, 6.07) is -0.841. The molecule has 100 heavy (non-hydrogen) atoms. The summed E-state index contributed by atoms with van der Waals surface area (Å²) >= 11 is 0. The average Bonchev–Trinajstić information content (AvgIpc) is 0.791. The number of ether oxygens (including phenoxy) is 4. The number of carbonyl (C=O) groups excluding carboxylic acids is 1. The number of nitrogens with one attached hydrogen (secondary N) is 1. The fraction of sp³-hybridized carbons (Fsp3) is 0.756. The van der Waals surface area contributed by atoms with Gasteiger partial charge in [-0.2, -0.15) is 0 Å². The molecule has 2 aliphatic heterocycles. The van der Waals surface area contributed by atoms with E-state index in [2.05, 4.69) is 141 Å². The molecular weight excluding hydrogens is 1250 g/mol. The lowest BCUT2D eigenvalue weighted by Crippen LogP contribution is -2.65. The van der Waals surface area contributed by atoms with E-state index in [0.29, 0.717) is 19.3 Å². The van der Waals surface area contributed by atoms with E-state index in [1.54, 1.807) is 0 Å². The normalized spacial score (nSPS) is 22.5. The molecule has 0 aromatic heterocycles. The predicted octanol–water partition coefficient (Wildman–Crippen LogP) is 18.8. The Morgan fingerprint density at radius 2 is 0.690 bits per heavy atom. The summed E-state index contributed by atoms with van der Waals surface area (Å²) in [6.45, 7) is 2.78. The Morgan fingerprint density at radius 1 is 0.370 bits per heavy atom. The SMILES string of the molecule is CC/C=C\C/C=C\C/C=C\C/C=C\C/C=C\C/C=C\C/C=C\C/C=C\C/C=C\C/C=C\CCCCCCCCCCCCC(=O)NC(COC1OC(CO)C(OC2OC(CO)C(O)C(O)C2O)C(O)C1O)C(O)CCCCCCCCCCCCCCCCCCCCCCCCCCC. The van der Waals surface area contributed by atoms with Crippen LogP contribution in [0.2, 0.25) is 0 Å². The number of unbranched alkanes of at least 4 members (excludes halogenated alkanes) is 34. The third-order valence-corrected chi connectivity index (χ3v) is 19.2. The molecular formula is C86H149NO13. The summed E-state index contributed by atoms with van der Waals surface area (Å²) in [7, 11) is 0. The van der Waals surface area contributed by atoms with Gasteiger partial charge in [-0.1, -0.05) is 347 Å². The van der Waals surface area contributed by atoms with Crippen LogP contribution < -0.4 is 5.32 Å². The standard InChI is InChI=1S/C86H149NO13/c1-3-5-7-9-11-13-15-17-19-21-23-25-27-29-30-31-32-33-34-35-36-37-38-39-40-41-42-43-44-46-48-50-52-54-56-58-60-62-64-66-68-70-78(91)87-74(73-97-85-83(96)81(94)84(77(72-89)99-85)100-86-82(95)80(93)79(92)76(71-88)98-86)75(90)69-67-65-63-61-59-57-55-53-51-49-47-45-28-26-24-22-20-18-16-14-12-10-8-6-4-2/h5,7,11,13,17,19,23,25,29-30,32-33,35-36,38-39,41-42,44,46,74-77,79-86,88-90,92-96H,3-4,6,8-10,12,14-16,18,20-22,24,26-28,31,34,37,40,43,45,47-73H2,1-2H3,(H,87,91)/b7-5-,13-11-,19-17-,25-23-,30-29-,33-32-,36-35-,39-38-,42-41-,46-44-. The van der Waals surface area contributed by atoms with Crippen LogP contribution in [0.25, 0.3) is 0 Å². The van der Waals surface area contributed by atoms with Crippen molar-refractivity contribution in [1.82, 2.24) is 5.32 Å². The Morgan fingerprint density at radius 3 is 1.06 bits per heavy atom. The zero-order valence-electron chi connectivity index (χ0n) is 63.2. The second kappa shape index (κ2) is 68.5. The van der Waals surface area contributed by atoms with E-state index in [4.69, 9.17) is 18.9 Å². The Labute approximate surface area is 609 Å². The largest absolute Gasteiger partial charge is 0.394 e. The maximum atomic E-state index is 13.4. The van der Waals surface area contributed by atoms with Gasteiger partial charge < -0.3 is 65.1 Å². The van der Waals surface area contributed by atoms with Crippen LogP contribution in [0.3, 0.4) is 0 Å². The molecule has 576 valence electrons. The molecule has 2 saturated heterocycles. The molecule has 1 amide bonds. The first-order valence-electron chi connectivity index (χ1n) is 40.8. The van der Waals surface area contributed by atoms with Crippen LogP contribution in [0.1, 0.15) is 322 Å². The van der Waals surface area contributed by atoms with E-state index >= 15 is 0 Å². The first-order chi connectivity index (χ1) is 49.1. The van der Waals surface area contributed by atoms with Crippen molar-refractivity contribution in [2.75, 3.05) is 19.8 Å². The molecule has 2 fully saturated rings. The molecule has 0 aromatic rings. The lowest BCUT2D eigenvalue weighted by molar-refractivity contribution is -0.359. The van der Waals surface area contributed by atoms with Crippen molar-refractivity contribution < 1.29 is 64.6 Å². The van der Waals surface area contributed by atoms with Gasteiger partial charge in [0.05, 0.1) is 32.0 Å². The van der Waals surface area contributed by atoms with E-state index in [1.807, 2.05) is 0 Å². The second-order valence-electron chi connectivity index (χ2n) is 28.2. The summed E-state index contributed by atoms with van der Waals surface area (Å²) < 4.78 is 23.0. The number of allylic oxidation sites excluding steroid dienone is 20. The lowest BCUT2D eigenvalue weighted by Gasteiger charge is -2.46. The molecule has 12 atom stereocenters. The number of amides is 1. The van der Waals surface area contributed by atoms with E-state index in [9.17, 15) is 45.6 Å². The Balaban J connectivity index is 1.61. The minimum Gasteiger partial charge on any atom is -0.394 e. The minimum absolute atomic E-state index is 0.212. The highest BCUT2D eigenvalue weighted by Crippen LogP contribution is 2.30. The van der Waals surface area contributed by atoms with Crippen LogP contribution in [-0.4, -0.2) is 140 Å². The average molecular weight is 1410 g/mol. The van der Waals surface area contributed by atoms with Crippen molar-refractivity contribution >= 4 is 5.91 Å². The van der Waals surface area contributed by atoms with Crippen molar-refractivity contribution in [3.05, 3.63) is 122 Å². The van der Waals surface area contributed by atoms with Crippen molar-refractivity contribution in [3.63, 3.8) is 0 Å². The van der Waals surface area contributed by atoms with Crippen LogP contribution in [0, 0.1) is 0 Å². The first-order valence-corrected chi connectivity index (χ1v) is 40.8. The van der Waals surface area contributed by atoms with E-state index in [1.165, 1.54) is 173 Å². The highest BCUT2D eigenvalue weighted by atomic mass is 16.7. The lowest BCUT2D eigenvalue weighted by atomic mass is 9.97. The molecule has 0 aliphatic carbocycles. The smallest absolute Gasteiger partial charge is 0.220 e. The van der Waals surface area contributed by atoms with Crippen LogP contribution in [0.15, 0.2) is 122 Å². The number of hydrogen-bond acceptors (Lipinski definition) is 13. The van der Waals surface area contributed by atoms with Crippen molar-refractivity contribution in [3.8, 4) is 0 Å². The maximum Gasteiger partial charge on any atom is 0.220 e. The van der Waals surface area contributed by atoms with Gasteiger partial charge in [0.15, 0.2) is 12.6 Å². The van der Waals surface area contributed by atoms with Gasteiger partial charge in [-0.25, -0.2) is 0 Å². The van der Waals surface area contributed by atoms with Gasteiger partial charge in [-0.3, -0.25) is 4.79 Å². The van der Waals surface area contributed by atoms with Crippen molar-refractivity contribution in [1.29, 1.82) is 0 Å². The molecule has 0 radical (unpaired) electrons. The van der Waals surface area contributed by atoms with Gasteiger partial charge in [0.2, 0.25) is 5.91 Å². The molecule has 14 heteroatoms. The third-order valence-electron chi connectivity index (χ3n) is 19.2. The summed E-state index contributed by atoms with van der Waals surface area (Å²) in [5.74, 6) is -0.212. The second-order valence-corrected chi connectivity index (χ2v) is 28.2. The van der Waals surface area contributed by atoms with Crippen LogP contribution in [0.4, 0.5) is 0 Å². The Hall–Kier alpha value is -3.61. The summed E-state index contributed by atoms with van der Waals surface area (Å²) in [6.07, 6.45) is 83.7. The molecule has 0 saturated carbocycles. The van der Waals surface area contributed by atoms with Gasteiger partial charge in [-0.05, 0) is 89.9 Å². The third kappa shape index (κ3) is 50.7. The quantitative estimate of drug-likeness (QED) is 0.0204. The van der Waals surface area contributed by atoms with Crippen LogP contribution >= 0.6 is 0 Å². The minimum atomic E-state index is -1.79. The molecule has 12 unspecified atom stereocenters. The zero-order chi connectivity index (χ0) is 72.2. The highest BCUT2D eigenvalue weighted by molar-refractivity contribution is 5.76. The molecule has 0 aromatic carbocycles. The van der Waals surface area contributed by atoms with Gasteiger partial charge in [0, 0.05) is 6.42 Å². The molecule has 2 aliphatic rings. The first kappa shape index (κ1) is 92.5. The zero-order valence-corrected chi connectivity index (χ0v) is 63.2. The highest BCUT2D eigenvalue weighted by Gasteiger charge is 2.51. The topological polar surface area (TPSA) is 228 Å². The predicted molar refractivity (Wildman–Crippen MR) is 415 cm³/mol. The number of aliphatic hydroxyl groups excluding tert-OH is 8. The monoisotopic (exact) mass is 1400 g/mol. The summed E-state index contributed by atoms with van der Waals surface area (Å²) in [5, 5.41) is 87.9. The molecule has 14 nitrogen and oxygen atoms in total. The number of rotatable bonds is 67. The fourth-order valence-corrected chi connectivity index (χ4v) is 12.8. The van der Waals surface area contributed by atoms with E-state index < -0.39 is 86.8 Å². The summed E-state index contributed by atoms with van der Waals surface area (Å²) in [5.41, 5.74) is 0. The fourth-order valence-electron chi connectivity index (χ4n) is 12.8. The summed E-state index contributed by atoms with van der Waals surface area (Å²) in [4.78, 5) is 13.4.